The van der Waals surface area contributed by atoms with Crippen LogP contribution in [0.4, 0.5) is 17.1 Å². The van der Waals surface area contributed by atoms with Crippen LogP contribution in [0.3, 0.4) is 0 Å². The molecule has 134 valence electrons. The molecule has 0 amide bonds. The highest BCUT2D eigenvalue weighted by Gasteiger charge is 2.23. The number of benzene rings is 2. The molecule has 2 aromatic carbocycles. The number of hydrogen-bond donors (Lipinski definition) is 0. The molecule has 0 aliphatic heterocycles. The minimum atomic E-state index is -0.726. The number of non-ortho nitro benzene ring substituents is 2. The number of hydrogen-bond acceptors (Lipinski definition) is 7. The third-order valence-electron chi connectivity index (χ3n) is 3.90. The number of carbonyl (C=O) groups is 1. The van der Waals surface area contributed by atoms with Crippen molar-refractivity contribution >= 4 is 23.3 Å². The third kappa shape index (κ3) is 4.23. The van der Waals surface area contributed by atoms with Crippen LogP contribution in [-0.4, -0.2) is 21.1 Å². The maximum absolute atomic E-state index is 11.2. The molecule has 10 nitrogen and oxygen atoms in total. The average molecular weight is 359 g/mol. The molecule has 0 aliphatic rings. The standard InChI is InChI=1S/C16H13N3O7/c20-8-7-12(11-1-4-14(5-2-11)17(21)22)9-13-3-6-15(18(23)24)10-16(13)19(25)26/h1-6,8,10,12H,7,9H2/t12-/m1/s1. The zero-order chi connectivity index (χ0) is 19.3. The predicted octanol–water partition coefficient (Wildman–Crippen LogP) is 3.33. The van der Waals surface area contributed by atoms with Crippen molar-refractivity contribution in [1.29, 1.82) is 0 Å². The van der Waals surface area contributed by atoms with Gasteiger partial charge in [0.05, 0.1) is 20.8 Å². The van der Waals surface area contributed by atoms with Crippen LogP contribution in [0.2, 0.25) is 0 Å². The molecule has 0 spiro atoms. The number of nitro benzene ring substituents is 3. The van der Waals surface area contributed by atoms with Crippen LogP contribution >= 0.6 is 0 Å². The summed E-state index contributed by atoms with van der Waals surface area (Å²) in [7, 11) is 0. The Morgan fingerprint density at radius 2 is 1.42 bits per heavy atom. The molecule has 26 heavy (non-hydrogen) atoms. The molecule has 0 unspecified atom stereocenters. The molecule has 0 saturated heterocycles. The van der Waals surface area contributed by atoms with Gasteiger partial charge in [-0.3, -0.25) is 30.3 Å². The summed E-state index contributed by atoms with van der Waals surface area (Å²) >= 11 is 0. The second kappa shape index (κ2) is 7.92. The van der Waals surface area contributed by atoms with Crippen LogP contribution in [0.25, 0.3) is 0 Å². The smallest absolute Gasteiger partial charge is 0.279 e. The lowest BCUT2D eigenvalue weighted by atomic mass is 9.89. The number of nitro groups is 3. The van der Waals surface area contributed by atoms with Crippen LogP contribution in [-0.2, 0) is 11.2 Å². The summed E-state index contributed by atoms with van der Waals surface area (Å²) in [6, 6.07) is 8.89. The van der Waals surface area contributed by atoms with Gasteiger partial charge < -0.3 is 4.79 Å². The van der Waals surface area contributed by atoms with Crippen molar-refractivity contribution in [3.8, 4) is 0 Å². The van der Waals surface area contributed by atoms with Crippen molar-refractivity contribution in [3.05, 3.63) is 83.9 Å². The molecule has 1 atom stereocenters. The van der Waals surface area contributed by atoms with Crippen LogP contribution in [0.5, 0.6) is 0 Å². The zero-order valence-electron chi connectivity index (χ0n) is 13.3. The number of nitrogens with zero attached hydrogens (tertiary/aromatic N) is 3. The molecular weight excluding hydrogens is 346 g/mol. The lowest BCUT2D eigenvalue weighted by Gasteiger charge is -2.15. The van der Waals surface area contributed by atoms with E-state index >= 15 is 0 Å². The first-order valence-corrected chi connectivity index (χ1v) is 7.43. The zero-order valence-corrected chi connectivity index (χ0v) is 13.3. The van der Waals surface area contributed by atoms with E-state index in [1.807, 2.05) is 0 Å². The monoisotopic (exact) mass is 359 g/mol. The van der Waals surface area contributed by atoms with Gasteiger partial charge in [0.15, 0.2) is 0 Å². The topological polar surface area (TPSA) is 146 Å². The van der Waals surface area contributed by atoms with E-state index in [0.29, 0.717) is 11.8 Å². The molecule has 0 fully saturated rings. The largest absolute Gasteiger partial charge is 0.303 e. The van der Waals surface area contributed by atoms with E-state index in [1.54, 1.807) is 0 Å². The van der Waals surface area contributed by atoms with E-state index < -0.39 is 32.1 Å². The Balaban J connectivity index is 2.37. The SMILES string of the molecule is O=CC[C@H](Cc1ccc([N+](=O)[O-])cc1[N+](=O)[O-])c1ccc([N+](=O)[O-])cc1. The van der Waals surface area contributed by atoms with Gasteiger partial charge in [0.2, 0.25) is 0 Å². The van der Waals surface area contributed by atoms with Crippen LogP contribution in [0.1, 0.15) is 23.5 Å². The summed E-state index contributed by atoms with van der Waals surface area (Å²) < 4.78 is 0. The summed E-state index contributed by atoms with van der Waals surface area (Å²) in [5, 5.41) is 32.8. The van der Waals surface area contributed by atoms with E-state index in [0.717, 1.165) is 12.1 Å². The van der Waals surface area contributed by atoms with Crippen molar-refractivity contribution in [1.82, 2.24) is 0 Å². The first-order chi connectivity index (χ1) is 12.3. The number of carbonyl (C=O) groups excluding carboxylic acids is 1. The lowest BCUT2D eigenvalue weighted by molar-refractivity contribution is -0.394. The molecule has 0 N–H and O–H groups in total. The summed E-state index contributed by atoms with van der Waals surface area (Å²) in [4.78, 5) is 41.7. The minimum Gasteiger partial charge on any atom is -0.303 e. The van der Waals surface area contributed by atoms with Crippen molar-refractivity contribution in [2.75, 3.05) is 0 Å². The highest BCUT2D eigenvalue weighted by molar-refractivity contribution is 5.54. The van der Waals surface area contributed by atoms with Crippen molar-refractivity contribution in [2.45, 2.75) is 18.8 Å². The Morgan fingerprint density at radius 3 is 1.92 bits per heavy atom. The molecule has 0 aromatic heterocycles. The highest BCUT2D eigenvalue weighted by Crippen LogP contribution is 2.31. The van der Waals surface area contributed by atoms with Gasteiger partial charge in [-0.15, -0.1) is 0 Å². The van der Waals surface area contributed by atoms with E-state index in [-0.39, 0.29) is 24.1 Å². The van der Waals surface area contributed by atoms with E-state index in [4.69, 9.17) is 0 Å². The quantitative estimate of drug-likeness (QED) is 0.399. The number of rotatable bonds is 8. The Morgan fingerprint density at radius 1 is 0.846 bits per heavy atom. The summed E-state index contributed by atoms with van der Waals surface area (Å²) in [5.41, 5.74) is -0.0687. The normalized spacial score (nSPS) is 11.5. The fraction of sp³-hybridized carbons (Fsp3) is 0.188. The molecular formula is C16H13N3O7. The maximum Gasteiger partial charge on any atom is 0.279 e. The van der Waals surface area contributed by atoms with Gasteiger partial charge in [-0.2, -0.15) is 0 Å². The molecule has 2 rings (SSSR count). The van der Waals surface area contributed by atoms with E-state index in [1.165, 1.54) is 30.3 Å². The molecule has 0 saturated carbocycles. The first kappa shape index (κ1) is 18.6. The Bertz CT molecular complexity index is 865. The second-order valence-electron chi connectivity index (χ2n) is 5.48. The van der Waals surface area contributed by atoms with Crippen LogP contribution in [0.15, 0.2) is 42.5 Å². The van der Waals surface area contributed by atoms with Gasteiger partial charge >= 0.3 is 0 Å². The minimum absolute atomic E-state index is 0.0476. The lowest BCUT2D eigenvalue weighted by Crippen LogP contribution is -2.07. The van der Waals surface area contributed by atoms with Gasteiger partial charge in [0.25, 0.3) is 17.1 Å². The highest BCUT2D eigenvalue weighted by atomic mass is 16.6. The summed E-state index contributed by atoms with van der Waals surface area (Å²) in [6.45, 7) is 0. The molecule has 0 radical (unpaired) electrons. The third-order valence-corrected chi connectivity index (χ3v) is 3.90. The second-order valence-corrected chi connectivity index (χ2v) is 5.48. The fourth-order valence-electron chi connectivity index (χ4n) is 2.60. The van der Waals surface area contributed by atoms with Crippen molar-refractivity contribution in [2.24, 2.45) is 0 Å². The molecule has 0 aliphatic carbocycles. The summed E-state index contributed by atoms with van der Waals surface area (Å²) in [6.07, 6.45) is 0.792. The van der Waals surface area contributed by atoms with Crippen LogP contribution in [0, 0.1) is 30.3 Å². The Labute approximate surface area is 146 Å². The molecule has 0 heterocycles. The molecule has 2 aromatic rings. The van der Waals surface area contributed by atoms with Gasteiger partial charge in [-0.1, -0.05) is 12.1 Å². The van der Waals surface area contributed by atoms with Crippen molar-refractivity contribution in [3.63, 3.8) is 0 Å². The maximum atomic E-state index is 11.2. The molecule has 0 bridgehead atoms. The first-order valence-electron chi connectivity index (χ1n) is 7.43. The van der Waals surface area contributed by atoms with Gasteiger partial charge in [0, 0.05) is 30.2 Å². The van der Waals surface area contributed by atoms with Crippen LogP contribution < -0.4 is 0 Å². The summed E-state index contributed by atoms with van der Waals surface area (Å²) in [5.74, 6) is -0.450. The average Bonchev–Trinajstić information content (AvgIpc) is 2.61. The van der Waals surface area contributed by atoms with Gasteiger partial charge in [-0.05, 0) is 24.0 Å². The molecule has 10 heteroatoms. The fourth-order valence-corrected chi connectivity index (χ4v) is 2.60. The number of aldehydes is 1. The van der Waals surface area contributed by atoms with E-state index in [9.17, 15) is 35.1 Å². The van der Waals surface area contributed by atoms with E-state index in [2.05, 4.69) is 0 Å². The Hall–Kier alpha value is -3.69. The predicted molar refractivity (Wildman–Crippen MR) is 90.0 cm³/mol. The van der Waals surface area contributed by atoms with Crippen molar-refractivity contribution < 1.29 is 19.6 Å². The van der Waals surface area contributed by atoms with Gasteiger partial charge in [0.1, 0.15) is 6.29 Å². The van der Waals surface area contributed by atoms with Gasteiger partial charge in [-0.25, -0.2) is 0 Å². The Kier molecular flexibility index (Phi) is 5.68.